The first-order valence-electron chi connectivity index (χ1n) is 5.62. The van der Waals surface area contributed by atoms with Gasteiger partial charge < -0.3 is 15.2 Å². The summed E-state index contributed by atoms with van der Waals surface area (Å²) in [6.45, 7) is 2.02. The normalized spacial score (nSPS) is 15.2. The van der Waals surface area contributed by atoms with Crippen molar-refractivity contribution in [2.24, 2.45) is 5.92 Å². The van der Waals surface area contributed by atoms with Crippen LogP contribution < -0.4 is 5.32 Å². The van der Waals surface area contributed by atoms with E-state index in [0.717, 1.165) is 31.8 Å². The summed E-state index contributed by atoms with van der Waals surface area (Å²) < 4.78 is 31.7. The van der Waals surface area contributed by atoms with Crippen molar-refractivity contribution < 1.29 is 23.4 Å². The Morgan fingerprint density at radius 1 is 1.39 bits per heavy atom. The summed E-state index contributed by atoms with van der Waals surface area (Å²) >= 11 is 0. The van der Waals surface area contributed by atoms with Crippen LogP contribution in [0.5, 0.6) is 0 Å². The van der Waals surface area contributed by atoms with E-state index in [0.29, 0.717) is 12.5 Å². The van der Waals surface area contributed by atoms with Gasteiger partial charge in [-0.1, -0.05) is 0 Å². The van der Waals surface area contributed by atoms with Crippen LogP contribution in [0, 0.1) is 17.6 Å². The smallest absolute Gasteiger partial charge is 0.341 e. The number of anilines is 1. The van der Waals surface area contributed by atoms with Crippen LogP contribution in [-0.4, -0.2) is 30.8 Å². The first-order chi connectivity index (χ1) is 8.58. The SMILES string of the molecule is O=C(O)c1c(F)cc(NCCC2COC2)cc1F. The molecular weight excluding hydrogens is 244 g/mol. The molecule has 4 nitrogen and oxygen atoms in total. The second-order valence-electron chi connectivity index (χ2n) is 4.24. The van der Waals surface area contributed by atoms with Gasteiger partial charge in [0.15, 0.2) is 0 Å². The highest BCUT2D eigenvalue weighted by Gasteiger charge is 2.19. The van der Waals surface area contributed by atoms with Gasteiger partial charge in [0.2, 0.25) is 0 Å². The van der Waals surface area contributed by atoms with Crippen LogP contribution in [0.1, 0.15) is 16.8 Å². The lowest BCUT2D eigenvalue weighted by Gasteiger charge is -2.25. The molecule has 0 bridgehead atoms. The largest absolute Gasteiger partial charge is 0.477 e. The van der Waals surface area contributed by atoms with Crippen molar-refractivity contribution in [1.29, 1.82) is 0 Å². The highest BCUT2D eigenvalue weighted by atomic mass is 19.1. The number of aromatic carboxylic acids is 1. The van der Waals surface area contributed by atoms with Crippen molar-refractivity contribution in [1.82, 2.24) is 0 Å². The Morgan fingerprint density at radius 3 is 2.44 bits per heavy atom. The molecule has 1 heterocycles. The van der Waals surface area contributed by atoms with Crippen LogP contribution in [0.15, 0.2) is 12.1 Å². The van der Waals surface area contributed by atoms with Gasteiger partial charge in [-0.15, -0.1) is 0 Å². The van der Waals surface area contributed by atoms with E-state index in [-0.39, 0.29) is 5.69 Å². The molecule has 0 aliphatic carbocycles. The summed E-state index contributed by atoms with van der Waals surface area (Å²) in [6.07, 6.45) is 0.851. The predicted molar refractivity (Wildman–Crippen MR) is 60.7 cm³/mol. The zero-order valence-corrected chi connectivity index (χ0v) is 9.58. The maximum atomic E-state index is 13.3. The van der Waals surface area contributed by atoms with Crippen LogP contribution in [0.25, 0.3) is 0 Å². The van der Waals surface area contributed by atoms with Gasteiger partial charge >= 0.3 is 5.97 Å². The number of ether oxygens (including phenoxy) is 1. The fourth-order valence-corrected chi connectivity index (χ4v) is 1.75. The third-order valence-corrected chi connectivity index (χ3v) is 2.84. The van der Waals surface area contributed by atoms with E-state index in [4.69, 9.17) is 9.84 Å². The van der Waals surface area contributed by atoms with Gasteiger partial charge in [-0.05, 0) is 18.6 Å². The summed E-state index contributed by atoms with van der Waals surface area (Å²) in [4.78, 5) is 10.6. The number of halogens is 2. The molecule has 6 heteroatoms. The van der Waals surface area contributed by atoms with Gasteiger partial charge in [-0.2, -0.15) is 0 Å². The van der Waals surface area contributed by atoms with E-state index in [9.17, 15) is 13.6 Å². The number of carbonyl (C=O) groups is 1. The summed E-state index contributed by atoms with van der Waals surface area (Å²) in [7, 11) is 0. The van der Waals surface area contributed by atoms with Gasteiger partial charge in [-0.25, -0.2) is 13.6 Å². The van der Waals surface area contributed by atoms with Crippen LogP contribution >= 0.6 is 0 Å². The van der Waals surface area contributed by atoms with Gasteiger partial charge in [-0.3, -0.25) is 0 Å². The van der Waals surface area contributed by atoms with Crippen molar-refractivity contribution in [3.63, 3.8) is 0 Å². The molecule has 18 heavy (non-hydrogen) atoms. The number of nitrogens with one attached hydrogen (secondary N) is 1. The molecule has 1 fully saturated rings. The molecule has 1 saturated heterocycles. The minimum Gasteiger partial charge on any atom is -0.477 e. The minimum atomic E-state index is -1.61. The van der Waals surface area contributed by atoms with Gasteiger partial charge in [0.1, 0.15) is 17.2 Å². The van der Waals surface area contributed by atoms with Crippen molar-refractivity contribution in [3.05, 3.63) is 29.3 Å². The third-order valence-electron chi connectivity index (χ3n) is 2.84. The number of benzene rings is 1. The monoisotopic (exact) mass is 257 g/mol. The maximum Gasteiger partial charge on any atom is 0.341 e. The molecule has 98 valence electrons. The molecule has 0 atom stereocenters. The lowest BCUT2D eigenvalue weighted by molar-refractivity contribution is -0.0337. The molecule has 0 spiro atoms. The van der Waals surface area contributed by atoms with E-state index in [1.165, 1.54) is 0 Å². The Bertz CT molecular complexity index is 438. The second kappa shape index (κ2) is 5.30. The Hall–Kier alpha value is -1.69. The first kappa shape index (κ1) is 12.8. The zero-order valence-electron chi connectivity index (χ0n) is 9.58. The topological polar surface area (TPSA) is 58.6 Å². The second-order valence-corrected chi connectivity index (χ2v) is 4.24. The molecule has 2 rings (SSSR count). The molecule has 1 aliphatic rings. The molecular formula is C12H13F2NO3. The molecule has 0 unspecified atom stereocenters. The van der Waals surface area contributed by atoms with E-state index in [1.807, 2.05) is 0 Å². The Kier molecular flexibility index (Phi) is 3.76. The molecule has 0 saturated carbocycles. The van der Waals surface area contributed by atoms with Crippen molar-refractivity contribution >= 4 is 11.7 Å². The average Bonchev–Trinajstić information content (AvgIpc) is 2.20. The van der Waals surface area contributed by atoms with Gasteiger partial charge in [0.05, 0.1) is 13.2 Å². The molecule has 1 aromatic rings. The lowest BCUT2D eigenvalue weighted by Crippen LogP contribution is -2.29. The fraction of sp³-hybridized carbons (Fsp3) is 0.417. The van der Waals surface area contributed by atoms with Crippen molar-refractivity contribution in [3.8, 4) is 0 Å². The Morgan fingerprint density at radius 2 is 2.00 bits per heavy atom. The quantitative estimate of drug-likeness (QED) is 0.848. The first-order valence-corrected chi connectivity index (χ1v) is 5.62. The third kappa shape index (κ3) is 2.76. The maximum absolute atomic E-state index is 13.3. The summed E-state index contributed by atoms with van der Waals surface area (Å²) in [5, 5.41) is 11.5. The summed E-state index contributed by atoms with van der Waals surface area (Å²) in [5.41, 5.74) is -0.678. The lowest BCUT2D eigenvalue weighted by atomic mass is 10.0. The standard InChI is InChI=1S/C12H13F2NO3/c13-9-3-8(4-10(14)11(9)12(16)17)15-2-1-7-5-18-6-7/h3-4,7,15H,1-2,5-6H2,(H,16,17). The van der Waals surface area contributed by atoms with Crippen molar-refractivity contribution in [2.75, 3.05) is 25.1 Å². The molecule has 2 N–H and O–H groups in total. The van der Waals surface area contributed by atoms with Crippen molar-refractivity contribution in [2.45, 2.75) is 6.42 Å². The van der Waals surface area contributed by atoms with E-state index in [1.54, 1.807) is 0 Å². The summed E-state index contributed by atoms with van der Waals surface area (Å²) in [5.74, 6) is -3.26. The highest BCUT2D eigenvalue weighted by molar-refractivity contribution is 5.88. The van der Waals surface area contributed by atoms with E-state index >= 15 is 0 Å². The predicted octanol–water partition coefficient (Wildman–Crippen LogP) is 2.11. The fourth-order valence-electron chi connectivity index (χ4n) is 1.75. The number of carboxylic acid groups (broad SMARTS) is 1. The van der Waals surface area contributed by atoms with E-state index < -0.39 is 23.2 Å². The highest BCUT2D eigenvalue weighted by Crippen LogP contribution is 2.20. The average molecular weight is 257 g/mol. The number of carboxylic acids is 1. The number of rotatable bonds is 5. The van der Waals surface area contributed by atoms with Crippen LogP contribution in [0.3, 0.4) is 0 Å². The zero-order chi connectivity index (χ0) is 13.1. The minimum absolute atomic E-state index is 0.246. The number of hydrogen-bond donors (Lipinski definition) is 2. The number of hydrogen-bond acceptors (Lipinski definition) is 3. The molecule has 1 aromatic carbocycles. The molecule has 1 aliphatic heterocycles. The molecule has 0 radical (unpaired) electrons. The van der Waals surface area contributed by atoms with Gasteiger partial charge in [0, 0.05) is 18.2 Å². The molecule has 0 aromatic heterocycles. The van der Waals surface area contributed by atoms with E-state index in [2.05, 4.69) is 5.32 Å². The van der Waals surface area contributed by atoms with Crippen LogP contribution in [0.2, 0.25) is 0 Å². The van der Waals surface area contributed by atoms with Crippen LogP contribution in [-0.2, 0) is 4.74 Å². The summed E-state index contributed by atoms with van der Waals surface area (Å²) in [6, 6.07) is 1.98. The van der Waals surface area contributed by atoms with Crippen LogP contribution in [0.4, 0.5) is 14.5 Å². The molecule has 0 amide bonds. The Balaban J connectivity index is 1.98. The Labute approximate surface area is 103 Å². The van der Waals surface area contributed by atoms with Gasteiger partial charge in [0.25, 0.3) is 0 Å².